The van der Waals surface area contributed by atoms with E-state index in [0.29, 0.717) is 6.42 Å². The van der Waals surface area contributed by atoms with Crippen LogP contribution >= 0.6 is 0 Å². The van der Waals surface area contributed by atoms with Crippen molar-refractivity contribution < 1.29 is 4.79 Å². The van der Waals surface area contributed by atoms with Gasteiger partial charge in [-0.3, -0.25) is 14.6 Å². The van der Waals surface area contributed by atoms with Gasteiger partial charge in [-0.05, 0) is 23.1 Å². The number of carbonyl (C=O) groups is 1. The number of fused-ring (bicyclic) bond motifs is 1. The Bertz CT molecular complexity index is 1120. The topological polar surface area (TPSA) is 121 Å². The molecule has 2 atom stereocenters. The molecule has 0 radical (unpaired) electrons. The summed E-state index contributed by atoms with van der Waals surface area (Å²) in [5.41, 5.74) is 6.93. The molecule has 0 spiro atoms. The molecule has 1 heterocycles. The lowest BCUT2D eigenvalue weighted by Gasteiger charge is -2.15. The van der Waals surface area contributed by atoms with Crippen LogP contribution in [0.5, 0.6) is 0 Å². The highest BCUT2D eigenvalue weighted by Crippen LogP contribution is 2.43. The number of carbonyl (C=O) groups excluding carboxylic acids is 1. The van der Waals surface area contributed by atoms with Crippen LogP contribution in [0.4, 0.5) is 5.69 Å². The van der Waals surface area contributed by atoms with Gasteiger partial charge in [0.25, 0.3) is 11.5 Å². The molecule has 5 N–H and O–H groups in total. The van der Waals surface area contributed by atoms with Gasteiger partial charge in [0.15, 0.2) is 0 Å². The predicted molar refractivity (Wildman–Crippen MR) is 102 cm³/mol. The molecule has 1 aliphatic carbocycles. The normalized spacial score (nSPS) is 18.1. The Morgan fingerprint density at radius 1 is 0.963 bits per heavy atom. The minimum atomic E-state index is -0.780. The molecule has 1 amide bonds. The molecule has 136 valence electrons. The van der Waals surface area contributed by atoms with Gasteiger partial charge in [-0.25, -0.2) is 4.79 Å². The summed E-state index contributed by atoms with van der Waals surface area (Å²) in [7, 11) is 0. The minimum Gasteiger partial charge on any atom is -0.392 e. The van der Waals surface area contributed by atoms with Crippen LogP contribution in [0.25, 0.3) is 0 Å². The minimum absolute atomic E-state index is 0.156. The third-order valence-electron chi connectivity index (χ3n) is 4.93. The summed E-state index contributed by atoms with van der Waals surface area (Å²) in [5.74, 6) is -0.424. The van der Waals surface area contributed by atoms with Gasteiger partial charge >= 0.3 is 5.69 Å². The molecule has 3 aromatic rings. The average molecular weight is 362 g/mol. The zero-order valence-corrected chi connectivity index (χ0v) is 14.4. The number of benzene rings is 2. The van der Waals surface area contributed by atoms with Gasteiger partial charge in [-0.1, -0.05) is 54.6 Å². The van der Waals surface area contributed by atoms with Gasteiger partial charge in [0, 0.05) is 5.92 Å². The lowest BCUT2D eigenvalue weighted by Crippen LogP contribution is -2.35. The third kappa shape index (κ3) is 3.03. The number of hydrogen-bond acceptors (Lipinski definition) is 4. The second-order valence-electron chi connectivity index (χ2n) is 6.55. The van der Waals surface area contributed by atoms with Crippen LogP contribution in [-0.2, 0) is 0 Å². The van der Waals surface area contributed by atoms with Crippen LogP contribution in [-0.4, -0.2) is 15.9 Å². The van der Waals surface area contributed by atoms with Crippen LogP contribution in [0.1, 0.15) is 45.6 Å². The first-order valence-corrected chi connectivity index (χ1v) is 8.61. The highest BCUT2D eigenvalue weighted by molar-refractivity contribution is 5.97. The monoisotopic (exact) mass is 362 g/mol. The molecule has 1 aliphatic rings. The number of nitrogen functional groups attached to an aromatic ring is 1. The summed E-state index contributed by atoms with van der Waals surface area (Å²) < 4.78 is 0. The fourth-order valence-electron chi connectivity index (χ4n) is 3.68. The van der Waals surface area contributed by atoms with Gasteiger partial charge in [0.1, 0.15) is 11.4 Å². The van der Waals surface area contributed by atoms with Crippen molar-refractivity contribution in [2.24, 2.45) is 0 Å². The van der Waals surface area contributed by atoms with E-state index in [-0.39, 0.29) is 23.3 Å². The number of nitrogens with one attached hydrogen (secondary N) is 3. The molecule has 0 aliphatic heterocycles. The molecule has 2 unspecified atom stereocenters. The summed E-state index contributed by atoms with van der Waals surface area (Å²) >= 11 is 0. The first-order chi connectivity index (χ1) is 13.0. The van der Waals surface area contributed by atoms with E-state index in [2.05, 4.69) is 28.5 Å². The zero-order valence-electron chi connectivity index (χ0n) is 14.4. The Kier molecular flexibility index (Phi) is 4.12. The van der Waals surface area contributed by atoms with Crippen molar-refractivity contribution >= 4 is 11.6 Å². The fraction of sp³-hybridized carbons (Fsp3) is 0.150. The maximum absolute atomic E-state index is 12.7. The fourth-order valence-corrected chi connectivity index (χ4v) is 3.68. The molecular weight excluding hydrogens is 344 g/mol. The van der Waals surface area contributed by atoms with Crippen molar-refractivity contribution in [3.63, 3.8) is 0 Å². The maximum atomic E-state index is 12.7. The van der Waals surface area contributed by atoms with Crippen LogP contribution in [0.15, 0.2) is 64.2 Å². The molecular formula is C20H18N4O3. The highest BCUT2D eigenvalue weighted by Gasteiger charge is 2.33. The number of anilines is 1. The molecule has 0 bridgehead atoms. The predicted octanol–water partition coefficient (Wildman–Crippen LogP) is 1.65. The molecule has 27 heavy (non-hydrogen) atoms. The Morgan fingerprint density at radius 2 is 1.63 bits per heavy atom. The molecule has 0 saturated heterocycles. The largest absolute Gasteiger partial charge is 0.392 e. The summed E-state index contributed by atoms with van der Waals surface area (Å²) in [4.78, 5) is 40.1. The van der Waals surface area contributed by atoms with Gasteiger partial charge in [0.2, 0.25) is 0 Å². The Labute approximate surface area is 154 Å². The van der Waals surface area contributed by atoms with Gasteiger partial charge in [-0.2, -0.15) is 0 Å². The summed E-state index contributed by atoms with van der Waals surface area (Å²) in [6.07, 6.45) is 0.683. The number of hydrogen-bond donors (Lipinski definition) is 4. The van der Waals surface area contributed by atoms with Gasteiger partial charge in [0.05, 0.1) is 6.04 Å². The molecule has 7 heteroatoms. The van der Waals surface area contributed by atoms with Crippen molar-refractivity contribution in [1.82, 2.24) is 15.3 Å². The van der Waals surface area contributed by atoms with Crippen molar-refractivity contribution in [3.05, 3.63) is 97.8 Å². The van der Waals surface area contributed by atoms with Crippen LogP contribution < -0.4 is 22.3 Å². The summed E-state index contributed by atoms with van der Waals surface area (Å²) in [6.45, 7) is 0. The second kappa shape index (κ2) is 6.60. The SMILES string of the molecule is Nc1c(C(=O)NC2CC(c3ccccc3)c3ccccc32)[nH]c(=O)[nH]c1=O. The van der Waals surface area contributed by atoms with E-state index in [4.69, 9.17) is 5.73 Å². The molecule has 7 nitrogen and oxygen atoms in total. The van der Waals surface area contributed by atoms with E-state index < -0.39 is 17.2 Å². The zero-order chi connectivity index (χ0) is 19.0. The summed E-state index contributed by atoms with van der Waals surface area (Å²) in [5, 5.41) is 2.90. The van der Waals surface area contributed by atoms with Crippen molar-refractivity contribution in [2.45, 2.75) is 18.4 Å². The number of rotatable bonds is 3. The van der Waals surface area contributed by atoms with Crippen molar-refractivity contribution in [1.29, 1.82) is 0 Å². The average Bonchev–Trinajstić information content (AvgIpc) is 3.04. The van der Waals surface area contributed by atoms with Crippen LogP contribution in [0, 0.1) is 0 Å². The van der Waals surface area contributed by atoms with Crippen LogP contribution in [0.2, 0.25) is 0 Å². The third-order valence-corrected chi connectivity index (χ3v) is 4.93. The van der Waals surface area contributed by atoms with Gasteiger partial charge < -0.3 is 16.0 Å². The number of nitrogens with two attached hydrogens (primary N) is 1. The smallest absolute Gasteiger partial charge is 0.326 e. The van der Waals surface area contributed by atoms with Crippen LogP contribution in [0.3, 0.4) is 0 Å². The van der Waals surface area contributed by atoms with Crippen molar-refractivity contribution in [3.8, 4) is 0 Å². The Hall–Kier alpha value is -3.61. The maximum Gasteiger partial charge on any atom is 0.326 e. The Balaban J connectivity index is 1.67. The van der Waals surface area contributed by atoms with E-state index in [9.17, 15) is 14.4 Å². The number of aromatic amines is 2. The van der Waals surface area contributed by atoms with Gasteiger partial charge in [-0.15, -0.1) is 0 Å². The standard InChI is InChI=1S/C20H18N4O3/c21-16-17(23-20(27)24-18(16)25)19(26)22-15-10-14(11-6-2-1-3-7-11)12-8-4-5-9-13(12)15/h1-9,14-15H,10,21H2,(H,22,26)(H2,23,24,25,27). The molecule has 1 aromatic heterocycles. The summed E-state index contributed by atoms with van der Waals surface area (Å²) in [6, 6.07) is 17.8. The molecule has 0 saturated carbocycles. The van der Waals surface area contributed by atoms with Crippen molar-refractivity contribution in [2.75, 3.05) is 5.73 Å². The van der Waals surface area contributed by atoms with E-state index in [1.54, 1.807) is 0 Å². The lowest BCUT2D eigenvalue weighted by molar-refractivity contribution is 0.0931. The number of H-pyrrole nitrogens is 2. The molecule has 0 fully saturated rings. The van der Waals surface area contributed by atoms with E-state index in [1.165, 1.54) is 5.56 Å². The molecule has 2 aromatic carbocycles. The van der Waals surface area contributed by atoms with E-state index in [1.807, 2.05) is 41.4 Å². The van der Waals surface area contributed by atoms with E-state index >= 15 is 0 Å². The molecule has 4 rings (SSSR count). The lowest BCUT2D eigenvalue weighted by atomic mass is 9.93. The quantitative estimate of drug-likeness (QED) is 0.566. The Morgan fingerprint density at radius 3 is 2.37 bits per heavy atom. The highest BCUT2D eigenvalue weighted by atomic mass is 16.2. The number of aromatic nitrogens is 2. The first-order valence-electron chi connectivity index (χ1n) is 8.61. The first kappa shape index (κ1) is 16.8. The second-order valence-corrected chi connectivity index (χ2v) is 6.55. The van der Waals surface area contributed by atoms with E-state index in [0.717, 1.165) is 11.1 Å². The number of amides is 1.